The second kappa shape index (κ2) is 7.27. The van der Waals surface area contributed by atoms with Crippen LogP contribution in [-0.4, -0.2) is 49.1 Å². The van der Waals surface area contributed by atoms with Crippen LogP contribution in [0.3, 0.4) is 0 Å². The van der Waals surface area contributed by atoms with E-state index in [0.717, 1.165) is 25.9 Å². The molecule has 5 heteroatoms. The van der Waals surface area contributed by atoms with Crippen LogP contribution in [0.1, 0.15) is 37.6 Å². The Morgan fingerprint density at radius 2 is 2.05 bits per heavy atom. The highest BCUT2D eigenvalue weighted by atomic mass is 32.1. The van der Waals surface area contributed by atoms with E-state index < -0.39 is 0 Å². The third kappa shape index (κ3) is 4.20. The van der Waals surface area contributed by atoms with Crippen LogP contribution in [-0.2, 0) is 0 Å². The van der Waals surface area contributed by atoms with Gasteiger partial charge in [0.05, 0.1) is 0 Å². The fourth-order valence-electron chi connectivity index (χ4n) is 2.85. The summed E-state index contributed by atoms with van der Waals surface area (Å²) >= 11 is 1.82. The van der Waals surface area contributed by atoms with E-state index in [0.29, 0.717) is 18.0 Å². The molecule has 1 aromatic heterocycles. The number of carbonyl (C=O) groups is 1. The molecule has 0 saturated carbocycles. The van der Waals surface area contributed by atoms with Crippen molar-refractivity contribution in [1.82, 2.24) is 15.1 Å². The zero-order valence-corrected chi connectivity index (χ0v) is 14.3. The quantitative estimate of drug-likeness (QED) is 0.927. The second-order valence-corrected chi connectivity index (χ2v) is 7.32. The molecule has 0 radical (unpaired) electrons. The molecule has 21 heavy (non-hydrogen) atoms. The maximum atomic E-state index is 12.0. The van der Waals surface area contributed by atoms with E-state index in [9.17, 15) is 4.79 Å². The molecule has 4 nitrogen and oxygen atoms in total. The van der Waals surface area contributed by atoms with Crippen molar-refractivity contribution in [3.05, 3.63) is 22.4 Å². The highest BCUT2D eigenvalue weighted by Gasteiger charge is 2.26. The molecule has 1 saturated heterocycles. The predicted octanol–water partition coefficient (Wildman–Crippen LogP) is 3.18. The second-order valence-electron chi connectivity index (χ2n) is 6.34. The molecule has 2 heterocycles. The lowest BCUT2D eigenvalue weighted by Crippen LogP contribution is -2.49. The molecule has 1 aliphatic heterocycles. The lowest BCUT2D eigenvalue weighted by Gasteiger charge is -2.36. The maximum Gasteiger partial charge on any atom is 0.319 e. The van der Waals surface area contributed by atoms with E-state index >= 15 is 0 Å². The Kier molecular flexibility index (Phi) is 5.65. The third-order valence-electron chi connectivity index (χ3n) is 4.08. The van der Waals surface area contributed by atoms with Crippen LogP contribution in [0.25, 0.3) is 0 Å². The van der Waals surface area contributed by atoms with E-state index in [1.54, 1.807) is 4.90 Å². The number of hydrogen-bond donors (Lipinski definition) is 1. The molecule has 1 atom stereocenters. The molecule has 1 aliphatic rings. The molecule has 118 valence electrons. The number of likely N-dealkylation sites (tertiary alicyclic amines) is 1. The SMILES string of the molecule is CC(C)C(NC1CCN(C(=O)N(C)C)CC1)c1cccs1. The molecule has 0 aromatic carbocycles. The van der Waals surface area contributed by atoms with Gasteiger partial charge in [-0.3, -0.25) is 0 Å². The summed E-state index contributed by atoms with van der Waals surface area (Å²) in [6.07, 6.45) is 2.07. The van der Waals surface area contributed by atoms with Gasteiger partial charge in [-0.2, -0.15) is 0 Å². The van der Waals surface area contributed by atoms with Crippen molar-refractivity contribution in [1.29, 1.82) is 0 Å². The number of rotatable bonds is 4. The van der Waals surface area contributed by atoms with Crippen molar-refractivity contribution in [2.75, 3.05) is 27.2 Å². The molecule has 0 spiro atoms. The van der Waals surface area contributed by atoms with Gasteiger partial charge in [0.25, 0.3) is 0 Å². The van der Waals surface area contributed by atoms with E-state index in [1.807, 2.05) is 30.3 Å². The topological polar surface area (TPSA) is 35.6 Å². The van der Waals surface area contributed by atoms with Crippen molar-refractivity contribution >= 4 is 17.4 Å². The van der Waals surface area contributed by atoms with Gasteiger partial charge in [-0.25, -0.2) is 4.79 Å². The lowest BCUT2D eigenvalue weighted by atomic mass is 9.98. The molecule has 1 aromatic rings. The van der Waals surface area contributed by atoms with E-state index in [-0.39, 0.29) is 6.03 Å². The zero-order valence-electron chi connectivity index (χ0n) is 13.5. The smallest absolute Gasteiger partial charge is 0.319 e. The van der Waals surface area contributed by atoms with Crippen molar-refractivity contribution in [2.45, 2.75) is 38.8 Å². The minimum absolute atomic E-state index is 0.132. The fourth-order valence-corrected chi connectivity index (χ4v) is 3.80. The van der Waals surface area contributed by atoms with Crippen molar-refractivity contribution in [3.8, 4) is 0 Å². The number of amides is 2. The van der Waals surface area contributed by atoms with Gasteiger partial charge in [-0.1, -0.05) is 19.9 Å². The number of nitrogens with one attached hydrogen (secondary N) is 1. The summed E-state index contributed by atoms with van der Waals surface area (Å²) in [5.41, 5.74) is 0. The van der Waals surface area contributed by atoms with E-state index in [4.69, 9.17) is 0 Å². The minimum Gasteiger partial charge on any atom is -0.331 e. The molecule has 2 rings (SSSR count). The molecular weight excluding hydrogens is 282 g/mol. The first kappa shape index (κ1) is 16.3. The Hall–Kier alpha value is -1.07. The van der Waals surface area contributed by atoms with Gasteiger partial charge in [-0.15, -0.1) is 11.3 Å². The summed E-state index contributed by atoms with van der Waals surface area (Å²) in [7, 11) is 3.64. The lowest BCUT2D eigenvalue weighted by molar-refractivity contribution is 0.149. The molecule has 0 aliphatic carbocycles. The molecule has 2 amide bonds. The van der Waals surface area contributed by atoms with Crippen LogP contribution in [0.15, 0.2) is 17.5 Å². The van der Waals surface area contributed by atoms with Crippen LogP contribution in [0.5, 0.6) is 0 Å². The van der Waals surface area contributed by atoms with Gasteiger partial charge in [0.2, 0.25) is 0 Å². The maximum absolute atomic E-state index is 12.0. The number of hydrogen-bond acceptors (Lipinski definition) is 3. The van der Waals surface area contributed by atoms with Crippen LogP contribution >= 0.6 is 11.3 Å². The Balaban J connectivity index is 1.89. The van der Waals surface area contributed by atoms with Crippen molar-refractivity contribution in [2.24, 2.45) is 5.92 Å². The van der Waals surface area contributed by atoms with Gasteiger partial charge in [0, 0.05) is 44.1 Å². The van der Waals surface area contributed by atoms with Gasteiger partial charge < -0.3 is 15.1 Å². The first-order valence-electron chi connectivity index (χ1n) is 7.74. The number of thiophene rings is 1. The van der Waals surface area contributed by atoms with Crippen molar-refractivity contribution < 1.29 is 4.79 Å². The fraction of sp³-hybridized carbons (Fsp3) is 0.688. The monoisotopic (exact) mass is 309 g/mol. The Morgan fingerprint density at radius 3 is 2.52 bits per heavy atom. The average molecular weight is 309 g/mol. The van der Waals surface area contributed by atoms with Gasteiger partial charge in [-0.05, 0) is 30.2 Å². The van der Waals surface area contributed by atoms with Crippen LogP contribution in [0.4, 0.5) is 4.79 Å². The molecular formula is C16H27N3OS. The number of piperidine rings is 1. The molecule has 1 N–H and O–H groups in total. The Morgan fingerprint density at radius 1 is 1.38 bits per heavy atom. The van der Waals surface area contributed by atoms with Gasteiger partial charge in [0.15, 0.2) is 0 Å². The van der Waals surface area contributed by atoms with Crippen LogP contribution < -0.4 is 5.32 Å². The normalized spacial score (nSPS) is 18.0. The van der Waals surface area contributed by atoms with E-state index in [2.05, 4.69) is 36.7 Å². The van der Waals surface area contributed by atoms with Crippen molar-refractivity contribution in [3.63, 3.8) is 0 Å². The molecule has 0 bridgehead atoms. The van der Waals surface area contributed by atoms with Gasteiger partial charge in [0.1, 0.15) is 0 Å². The number of urea groups is 1. The summed E-state index contributed by atoms with van der Waals surface area (Å²) in [6, 6.07) is 5.39. The first-order valence-corrected chi connectivity index (χ1v) is 8.62. The van der Waals surface area contributed by atoms with Crippen LogP contribution in [0, 0.1) is 5.92 Å². The number of nitrogens with zero attached hydrogens (tertiary/aromatic N) is 2. The summed E-state index contributed by atoms with van der Waals surface area (Å²) in [5.74, 6) is 0.574. The highest BCUT2D eigenvalue weighted by molar-refractivity contribution is 7.10. The summed E-state index contributed by atoms with van der Waals surface area (Å²) in [6.45, 7) is 6.23. The Bertz CT molecular complexity index is 436. The standard InChI is InChI=1S/C16H27N3OS/c1-12(2)15(14-6-5-11-21-14)17-13-7-9-19(10-8-13)16(20)18(3)4/h5-6,11-13,15,17H,7-10H2,1-4H3. The van der Waals surface area contributed by atoms with Crippen LogP contribution in [0.2, 0.25) is 0 Å². The molecule has 1 unspecified atom stereocenters. The summed E-state index contributed by atoms with van der Waals surface area (Å²) in [5, 5.41) is 5.95. The first-order chi connectivity index (χ1) is 9.99. The summed E-state index contributed by atoms with van der Waals surface area (Å²) in [4.78, 5) is 17.0. The third-order valence-corrected chi connectivity index (χ3v) is 5.04. The largest absolute Gasteiger partial charge is 0.331 e. The zero-order chi connectivity index (χ0) is 15.4. The average Bonchev–Trinajstić information content (AvgIpc) is 2.98. The Labute approximate surface area is 132 Å². The number of carbonyl (C=O) groups excluding carboxylic acids is 1. The predicted molar refractivity (Wildman–Crippen MR) is 88.7 cm³/mol. The highest BCUT2D eigenvalue weighted by Crippen LogP contribution is 2.27. The summed E-state index contributed by atoms with van der Waals surface area (Å²) < 4.78 is 0. The van der Waals surface area contributed by atoms with E-state index in [1.165, 1.54) is 4.88 Å². The molecule has 1 fully saturated rings. The van der Waals surface area contributed by atoms with Gasteiger partial charge >= 0.3 is 6.03 Å². The minimum atomic E-state index is 0.132.